The van der Waals surface area contributed by atoms with Gasteiger partial charge in [0.1, 0.15) is 0 Å². The van der Waals surface area contributed by atoms with E-state index in [1.165, 1.54) is 5.69 Å². The van der Waals surface area contributed by atoms with E-state index >= 15 is 0 Å². The number of hydrogen-bond donors (Lipinski definition) is 0. The number of aryl methyl sites for hydroxylation is 1. The summed E-state index contributed by atoms with van der Waals surface area (Å²) in [4.78, 5) is 0.508. The van der Waals surface area contributed by atoms with E-state index in [9.17, 15) is 0 Å². The van der Waals surface area contributed by atoms with Crippen LogP contribution in [0.3, 0.4) is 0 Å². The van der Waals surface area contributed by atoms with Crippen molar-refractivity contribution in [2.24, 2.45) is 0 Å². The number of alkyl halides is 1. The van der Waals surface area contributed by atoms with Crippen molar-refractivity contribution in [1.29, 1.82) is 0 Å². The Morgan fingerprint density at radius 3 is 2.73 bits per heavy atom. The predicted octanol–water partition coefficient (Wildman–Crippen LogP) is 4.22. The molecule has 1 aromatic heterocycles. The van der Waals surface area contributed by atoms with Gasteiger partial charge in [0.05, 0.1) is 16.9 Å². The summed E-state index contributed by atoms with van der Waals surface area (Å²) in [5.41, 5.74) is 1.17. The molecule has 2 atom stereocenters. The summed E-state index contributed by atoms with van der Waals surface area (Å²) in [6.45, 7) is 7.46. The molecule has 0 radical (unpaired) electrons. The number of nitrogens with zero attached hydrogens (tertiary/aromatic N) is 2. The van der Waals surface area contributed by atoms with Crippen molar-refractivity contribution in [2.45, 2.75) is 50.9 Å². The molecule has 0 aliphatic rings. The Bertz CT molecular complexity index is 310. The normalized spacial score (nSPS) is 15.3. The average Bonchev–Trinajstić information content (AvgIpc) is 2.46. The number of halogens is 2. The Morgan fingerprint density at radius 1 is 1.53 bits per heavy atom. The van der Waals surface area contributed by atoms with Gasteiger partial charge in [-0.15, -0.1) is 0 Å². The van der Waals surface area contributed by atoms with Gasteiger partial charge in [0, 0.05) is 17.3 Å². The summed E-state index contributed by atoms with van der Waals surface area (Å²) >= 11 is 9.74. The Hall–Kier alpha value is -0.0200. The third-order valence-corrected chi connectivity index (χ3v) is 3.08. The van der Waals surface area contributed by atoms with Crippen LogP contribution in [0.2, 0.25) is 5.02 Å². The Labute approximate surface area is 105 Å². The van der Waals surface area contributed by atoms with Gasteiger partial charge in [-0.05, 0) is 12.8 Å². The average molecular weight is 294 g/mol. The van der Waals surface area contributed by atoms with Gasteiger partial charge in [-0.1, -0.05) is 48.3 Å². The minimum atomic E-state index is 0.445. The van der Waals surface area contributed by atoms with Crippen LogP contribution in [0.25, 0.3) is 0 Å². The smallest absolute Gasteiger partial charge is 0.0820 e. The second-order valence-corrected chi connectivity index (χ2v) is 5.99. The summed E-state index contributed by atoms with van der Waals surface area (Å²) in [5.74, 6) is 0.445. The zero-order valence-corrected chi connectivity index (χ0v) is 11.8. The van der Waals surface area contributed by atoms with Crippen LogP contribution in [0.15, 0.2) is 6.20 Å². The highest BCUT2D eigenvalue weighted by Gasteiger charge is 2.17. The molecule has 2 nitrogen and oxygen atoms in total. The van der Waals surface area contributed by atoms with Crippen LogP contribution < -0.4 is 0 Å². The van der Waals surface area contributed by atoms with Crippen LogP contribution >= 0.6 is 27.5 Å². The van der Waals surface area contributed by atoms with Crippen LogP contribution in [-0.4, -0.2) is 14.6 Å². The van der Waals surface area contributed by atoms with E-state index < -0.39 is 0 Å². The van der Waals surface area contributed by atoms with Crippen molar-refractivity contribution in [3.8, 4) is 0 Å². The number of hydrogen-bond acceptors (Lipinski definition) is 1. The summed E-state index contributed by atoms with van der Waals surface area (Å²) < 4.78 is 2.03. The van der Waals surface area contributed by atoms with Crippen molar-refractivity contribution in [2.75, 3.05) is 0 Å². The largest absolute Gasteiger partial charge is 0.268 e. The maximum Gasteiger partial charge on any atom is 0.0820 e. The topological polar surface area (TPSA) is 17.8 Å². The quantitative estimate of drug-likeness (QED) is 0.743. The van der Waals surface area contributed by atoms with Crippen molar-refractivity contribution in [3.63, 3.8) is 0 Å². The molecule has 0 saturated carbocycles. The third-order valence-electron chi connectivity index (χ3n) is 2.41. The zero-order valence-electron chi connectivity index (χ0n) is 9.50. The molecule has 0 N–H and O–H groups in total. The molecular weight excluding hydrogens is 275 g/mol. The molecule has 0 fully saturated rings. The molecule has 0 aromatic carbocycles. The molecule has 15 heavy (non-hydrogen) atoms. The molecule has 0 saturated heterocycles. The van der Waals surface area contributed by atoms with Crippen molar-refractivity contribution >= 4 is 27.5 Å². The Balaban J connectivity index is 2.85. The maximum atomic E-state index is 6.16. The van der Waals surface area contributed by atoms with E-state index in [-0.39, 0.29) is 0 Å². The molecule has 0 bridgehead atoms. The minimum absolute atomic E-state index is 0.445. The minimum Gasteiger partial charge on any atom is -0.268 e. The van der Waals surface area contributed by atoms with Gasteiger partial charge >= 0.3 is 0 Å². The van der Waals surface area contributed by atoms with Gasteiger partial charge in [0.2, 0.25) is 0 Å². The predicted molar refractivity (Wildman–Crippen MR) is 68.9 cm³/mol. The lowest BCUT2D eigenvalue weighted by Gasteiger charge is -2.15. The molecule has 86 valence electrons. The molecule has 0 amide bonds. The highest BCUT2D eigenvalue weighted by Crippen LogP contribution is 2.29. The van der Waals surface area contributed by atoms with E-state index in [4.69, 9.17) is 11.6 Å². The lowest BCUT2D eigenvalue weighted by molar-refractivity contribution is 0.534. The summed E-state index contributed by atoms with van der Waals surface area (Å²) in [6, 6.07) is 0. The fourth-order valence-electron chi connectivity index (χ4n) is 1.85. The van der Waals surface area contributed by atoms with Gasteiger partial charge in [-0.25, -0.2) is 0 Å². The van der Waals surface area contributed by atoms with Crippen molar-refractivity contribution < 1.29 is 0 Å². The van der Waals surface area contributed by atoms with Gasteiger partial charge < -0.3 is 0 Å². The standard InChI is InChI=1S/C11H18BrClN2/c1-4-5-15-11(10(13)7-14-15)8(2)6-9(3)12/h7-9H,4-6H2,1-3H3. The summed E-state index contributed by atoms with van der Waals surface area (Å²) in [6.07, 6.45) is 3.92. The maximum absolute atomic E-state index is 6.16. The van der Waals surface area contributed by atoms with E-state index in [0.717, 1.165) is 24.4 Å². The van der Waals surface area contributed by atoms with Crippen molar-refractivity contribution in [1.82, 2.24) is 9.78 Å². The lowest BCUT2D eigenvalue weighted by atomic mass is 10.0. The second kappa shape index (κ2) is 5.90. The number of rotatable bonds is 5. The molecule has 0 aliphatic carbocycles. The van der Waals surface area contributed by atoms with Gasteiger partial charge in [-0.2, -0.15) is 5.10 Å². The number of aromatic nitrogens is 2. The lowest BCUT2D eigenvalue weighted by Crippen LogP contribution is -2.10. The first-order chi connectivity index (χ1) is 7.06. The summed E-state index contributed by atoms with van der Waals surface area (Å²) in [5, 5.41) is 5.10. The van der Waals surface area contributed by atoms with Gasteiger partial charge in [0.25, 0.3) is 0 Å². The molecule has 0 aliphatic heterocycles. The third kappa shape index (κ3) is 3.49. The van der Waals surface area contributed by atoms with E-state index in [1.807, 2.05) is 4.68 Å². The summed E-state index contributed by atoms with van der Waals surface area (Å²) in [7, 11) is 0. The van der Waals surface area contributed by atoms with Crippen LogP contribution in [0, 0.1) is 0 Å². The molecule has 1 rings (SSSR count). The van der Waals surface area contributed by atoms with Gasteiger partial charge in [0.15, 0.2) is 0 Å². The molecule has 1 heterocycles. The first-order valence-electron chi connectivity index (χ1n) is 5.41. The van der Waals surface area contributed by atoms with Crippen LogP contribution in [0.1, 0.15) is 45.2 Å². The fraction of sp³-hybridized carbons (Fsp3) is 0.727. The molecule has 0 spiro atoms. The Morgan fingerprint density at radius 2 is 2.20 bits per heavy atom. The highest BCUT2D eigenvalue weighted by molar-refractivity contribution is 9.09. The molecule has 2 unspecified atom stereocenters. The SMILES string of the molecule is CCCn1ncc(Cl)c1C(C)CC(C)Br. The monoisotopic (exact) mass is 292 g/mol. The van der Waals surface area contributed by atoms with Crippen LogP contribution in [0.4, 0.5) is 0 Å². The highest BCUT2D eigenvalue weighted by atomic mass is 79.9. The van der Waals surface area contributed by atoms with E-state index in [1.54, 1.807) is 6.20 Å². The van der Waals surface area contributed by atoms with Gasteiger partial charge in [-0.3, -0.25) is 4.68 Å². The molecule has 4 heteroatoms. The first kappa shape index (κ1) is 13.0. The first-order valence-corrected chi connectivity index (χ1v) is 6.70. The van der Waals surface area contributed by atoms with Crippen LogP contribution in [0.5, 0.6) is 0 Å². The van der Waals surface area contributed by atoms with E-state index in [0.29, 0.717) is 10.7 Å². The zero-order chi connectivity index (χ0) is 11.4. The fourth-order valence-corrected chi connectivity index (χ4v) is 2.74. The second-order valence-electron chi connectivity index (χ2n) is 4.02. The molecule has 1 aromatic rings. The van der Waals surface area contributed by atoms with Crippen molar-refractivity contribution in [3.05, 3.63) is 16.9 Å². The Kier molecular flexibility index (Phi) is 5.13. The van der Waals surface area contributed by atoms with Crippen LogP contribution in [-0.2, 0) is 6.54 Å². The van der Waals surface area contributed by atoms with E-state index in [2.05, 4.69) is 41.8 Å². The molecular formula is C11H18BrClN2.